The van der Waals surface area contributed by atoms with Crippen LogP contribution in [0.5, 0.6) is 5.06 Å². The Morgan fingerprint density at radius 2 is 2.15 bits per heavy atom. The summed E-state index contributed by atoms with van der Waals surface area (Å²) in [6.45, 7) is 0.711. The Hall–Kier alpha value is -2.15. The molecule has 0 spiro atoms. The van der Waals surface area contributed by atoms with Crippen molar-refractivity contribution < 1.29 is 14.1 Å². The van der Waals surface area contributed by atoms with Crippen molar-refractivity contribution in [3.63, 3.8) is 0 Å². The lowest BCUT2D eigenvalue weighted by Gasteiger charge is -2.13. The molecule has 0 atom stereocenters. The molecule has 2 aromatic heterocycles. The maximum absolute atomic E-state index is 12.7. The Morgan fingerprint density at radius 3 is 2.96 bits per heavy atom. The number of hydrogen-bond acceptors (Lipinski definition) is 6. The molecule has 1 amide bonds. The van der Waals surface area contributed by atoms with Crippen LogP contribution in [-0.2, 0) is 11.2 Å². The Bertz CT molecular complexity index is 879. The van der Waals surface area contributed by atoms with E-state index in [1.54, 1.807) is 0 Å². The van der Waals surface area contributed by atoms with E-state index in [-0.39, 0.29) is 5.91 Å². The topological polar surface area (TPSA) is 77.3 Å². The molecular weight excluding hydrogens is 350 g/mol. The zero-order valence-corrected chi connectivity index (χ0v) is 15.4. The number of fused-ring (bicyclic) bond motifs is 1. The average molecular weight is 371 g/mol. The highest BCUT2D eigenvalue weighted by Crippen LogP contribution is 2.48. The van der Waals surface area contributed by atoms with Crippen LogP contribution in [0.25, 0.3) is 11.5 Å². The van der Waals surface area contributed by atoms with Crippen LogP contribution in [0.1, 0.15) is 62.3 Å². The summed E-state index contributed by atoms with van der Waals surface area (Å²) in [4.78, 5) is 17.3. The van der Waals surface area contributed by atoms with Gasteiger partial charge in [-0.25, -0.2) is 0 Å². The minimum absolute atomic E-state index is 0.0218. The standard InChI is InChI=1S/C19H21N3O3S/c23-16(12-5-2-1-3-6-12)21-18-14(13-7-4-10-24-19(13)26-18)17-20-15(22-25-17)11-8-9-11/h5,11H,1-4,6-10H2,(H,21,23). The van der Waals surface area contributed by atoms with Gasteiger partial charge < -0.3 is 14.6 Å². The maximum atomic E-state index is 12.7. The third-order valence-electron chi connectivity index (χ3n) is 5.18. The summed E-state index contributed by atoms with van der Waals surface area (Å²) in [5.41, 5.74) is 2.81. The third kappa shape index (κ3) is 2.94. The quantitative estimate of drug-likeness (QED) is 0.860. The summed E-state index contributed by atoms with van der Waals surface area (Å²) in [6.07, 6.45) is 10.2. The normalized spacial score (nSPS) is 19.5. The number of rotatable bonds is 4. The molecule has 6 nitrogen and oxygen atoms in total. The predicted octanol–water partition coefficient (Wildman–Crippen LogP) is 4.44. The van der Waals surface area contributed by atoms with Gasteiger partial charge >= 0.3 is 0 Å². The molecular formula is C19H21N3O3S. The summed E-state index contributed by atoms with van der Waals surface area (Å²) in [7, 11) is 0. The van der Waals surface area contributed by atoms with Crippen molar-refractivity contribution in [2.75, 3.05) is 11.9 Å². The summed E-state index contributed by atoms with van der Waals surface area (Å²) in [6, 6.07) is 0. The second-order valence-electron chi connectivity index (χ2n) is 7.19. The number of carbonyl (C=O) groups excluding carboxylic acids is 1. The second kappa shape index (κ2) is 6.54. The van der Waals surface area contributed by atoms with Crippen molar-refractivity contribution in [1.29, 1.82) is 0 Å². The molecule has 2 aromatic rings. The van der Waals surface area contributed by atoms with Gasteiger partial charge in [0.25, 0.3) is 11.8 Å². The number of amides is 1. The highest BCUT2D eigenvalue weighted by atomic mass is 32.1. The van der Waals surface area contributed by atoms with Crippen molar-refractivity contribution in [2.24, 2.45) is 0 Å². The highest BCUT2D eigenvalue weighted by molar-refractivity contribution is 7.19. The maximum Gasteiger partial charge on any atom is 0.261 e. The van der Waals surface area contributed by atoms with Gasteiger partial charge in [0.2, 0.25) is 0 Å². The summed E-state index contributed by atoms with van der Waals surface area (Å²) >= 11 is 1.47. The summed E-state index contributed by atoms with van der Waals surface area (Å²) in [5, 5.41) is 8.87. The summed E-state index contributed by atoms with van der Waals surface area (Å²) in [5.74, 6) is 1.70. The fourth-order valence-electron chi connectivity index (χ4n) is 3.59. The molecule has 1 saturated carbocycles. The fraction of sp³-hybridized carbons (Fsp3) is 0.526. The van der Waals surface area contributed by atoms with Crippen LogP contribution in [-0.4, -0.2) is 22.7 Å². The van der Waals surface area contributed by atoms with Gasteiger partial charge in [-0.15, -0.1) is 0 Å². The van der Waals surface area contributed by atoms with E-state index in [1.807, 2.05) is 0 Å². The van der Waals surface area contributed by atoms with Gasteiger partial charge in [-0.2, -0.15) is 4.98 Å². The number of thiophene rings is 1. The highest BCUT2D eigenvalue weighted by Gasteiger charge is 2.32. The van der Waals surface area contributed by atoms with Crippen LogP contribution in [0, 0.1) is 0 Å². The third-order valence-corrected chi connectivity index (χ3v) is 6.24. The Balaban J connectivity index is 1.50. The molecule has 26 heavy (non-hydrogen) atoms. The van der Waals surface area contributed by atoms with E-state index in [9.17, 15) is 4.79 Å². The zero-order valence-electron chi connectivity index (χ0n) is 14.5. The van der Waals surface area contributed by atoms with Crippen molar-refractivity contribution in [3.05, 3.63) is 23.0 Å². The van der Waals surface area contributed by atoms with Crippen LogP contribution >= 0.6 is 11.3 Å². The van der Waals surface area contributed by atoms with E-state index < -0.39 is 0 Å². The molecule has 5 rings (SSSR count). The Kier molecular flexibility index (Phi) is 4.04. The van der Waals surface area contributed by atoms with Gasteiger partial charge in [-0.3, -0.25) is 4.79 Å². The second-order valence-corrected chi connectivity index (χ2v) is 8.17. The SMILES string of the molecule is O=C(Nc1sc2c(c1-c1nc(C3CC3)no1)CCCO2)C1=CCCCC1. The van der Waals surface area contributed by atoms with Gasteiger partial charge in [0.05, 0.1) is 12.2 Å². The molecule has 1 N–H and O–H groups in total. The van der Waals surface area contributed by atoms with Gasteiger partial charge in [0, 0.05) is 17.1 Å². The minimum atomic E-state index is -0.0218. The van der Waals surface area contributed by atoms with E-state index in [2.05, 4.69) is 21.5 Å². The van der Waals surface area contributed by atoms with Gasteiger partial charge in [-0.1, -0.05) is 22.6 Å². The number of hydrogen-bond donors (Lipinski definition) is 1. The average Bonchev–Trinajstić information content (AvgIpc) is 3.30. The number of nitrogens with one attached hydrogen (secondary N) is 1. The van der Waals surface area contributed by atoms with Gasteiger partial charge in [0.15, 0.2) is 10.9 Å². The van der Waals surface area contributed by atoms with E-state index in [0.29, 0.717) is 18.4 Å². The molecule has 1 aliphatic heterocycles. The van der Waals surface area contributed by atoms with E-state index in [1.165, 1.54) is 11.3 Å². The van der Waals surface area contributed by atoms with Crippen LogP contribution in [0.2, 0.25) is 0 Å². The lowest BCUT2D eigenvalue weighted by atomic mass is 9.99. The molecule has 7 heteroatoms. The van der Waals surface area contributed by atoms with E-state index in [4.69, 9.17) is 9.26 Å². The lowest BCUT2D eigenvalue weighted by molar-refractivity contribution is -0.113. The molecule has 3 aliphatic rings. The van der Waals surface area contributed by atoms with Crippen molar-refractivity contribution >= 4 is 22.2 Å². The van der Waals surface area contributed by atoms with Crippen LogP contribution in [0.3, 0.4) is 0 Å². The lowest BCUT2D eigenvalue weighted by Crippen LogP contribution is -2.15. The number of nitrogens with zero attached hydrogens (tertiary/aromatic N) is 2. The van der Waals surface area contributed by atoms with Crippen LogP contribution in [0.4, 0.5) is 5.00 Å². The predicted molar refractivity (Wildman–Crippen MR) is 98.6 cm³/mol. The zero-order chi connectivity index (χ0) is 17.5. The molecule has 0 aromatic carbocycles. The number of aromatic nitrogens is 2. The Morgan fingerprint density at radius 1 is 1.23 bits per heavy atom. The molecule has 2 aliphatic carbocycles. The first kappa shape index (κ1) is 16.1. The fourth-order valence-corrected chi connectivity index (χ4v) is 4.70. The number of allylic oxidation sites excluding steroid dienone is 1. The number of anilines is 1. The first-order valence-electron chi connectivity index (χ1n) is 9.42. The van der Waals surface area contributed by atoms with Crippen molar-refractivity contribution in [3.8, 4) is 16.5 Å². The van der Waals surface area contributed by atoms with E-state index >= 15 is 0 Å². The molecule has 1 fully saturated rings. The van der Waals surface area contributed by atoms with Crippen molar-refractivity contribution in [1.82, 2.24) is 10.1 Å². The largest absolute Gasteiger partial charge is 0.484 e. The monoisotopic (exact) mass is 371 g/mol. The van der Waals surface area contributed by atoms with Gasteiger partial charge in [0.1, 0.15) is 5.00 Å². The smallest absolute Gasteiger partial charge is 0.261 e. The molecule has 0 bridgehead atoms. The van der Waals surface area contributed by atoms with Crippen LogP contribution < -0.4 is 10.1 Å². The van der Waals surface area contributed by atoms with Crippen molar-refractivity contribution in [2.45, 2.75) is 57.3 Å². The molecule has 0 radical (unpaired) electrons. The Labute approximate surface area is 155 Å². The number of ether oxygens (including phenoxy) is 1. The van der Waals surface area contributed by atoms with E-state index in [0.717, 1.165) is 84.0 Å². The molecule has 0 unspecified atom stereocenters. The summed E-state index contributed by atoms with van der Waals surface area (Å²) < 4.78 is 11.4. The van der Waals surface area contributed by atoms with Crippen LogP contribution in [0.15, 0.2) is 16.2 Å². The first-order valence-corrected chi connectivity index (χ1v) is 10.2. The first-order chi connectivity index (χ1) is 12.8. The minimum Gasteiger partial charge on any atom is -0.484 e. The molecule has 136 valence electrons. The number of carbonyl (C=O) groups is 1. The molecule has 3 heterocycles. The van der Waals surface area contributed by atoms with Gasteiger partial charge in [-0.05, 0) is 51.4 Å². The molecule has 0 saturated heterocycles.